The maximum atomic E-state index is 8.73. The van der Waals surface area contributed by atoms with Crippen molar-refractivity contribution in [3.63, 3.8) is 0 Å². The van der Waals surface area contributed by atoms with Crippen molar-refractivity contribution in [1.82, 2.24) is 0 Å². The molecule has 4 heteroatoms. The van der Waals surface area contributed by atoms with Gasteiger partial charge in [-0.25, -0.2) is 0 Å². The Morgan fingerprint density at radius 2 is 1.88 bits per heavy atom. The van der Waals surface area contributed by atoms with Gasteiger partial charge >= 0.3 is 0 Å². The molecule has 0 unspecified atom stereocenters. The van der Waals surface area contributed by atoms with Gasteiger partial charge in [-0.05, 0) is 0 Å². The molecule has 50 valence electrons. The minimum absolute atomic E-state index is 0.168. The fraction of sp³-hybridized carbons (Fsp3) is 1.00. The van der Waals surface area contributed by atoms with Crippen LogP contribution in [0.5, 0.6) is 0 Å². The summed E-state index contributed by atoms with van der Waals surface area (Å²) in [6.07, 6.45) is -1.56. The van der Waals surface area contributed by atoms with Gasteiger partial charge in [0.2, 0.25) is 0 Å². The predicted molar refractivity (Wildman–Crippen MR) is 38.1 cm³/mol. The third kappa shape index (κ3) is 2.81. The molecule has 0 aromatic heterocycles. The first kappa shape index (κ1) is 8.62. The van der Waals surface area contributed by atoms with Crippen LogP contribution in [0.15, 0.2) is 0 Å². The van der Waals surface area contributed by atoms with Crippen molar-refractivity contribution < 1.29 is 10.2 Å². The summed E-state index contributed by atoms with van der Waals surface area (Å²) in [4.78, 5) is 0. The third-order valence-corrected chi connectivity index (χ3v) is 1.52. The van der Waals surface area contributed by atoms with E-state index in [1.54, 1.807) is 0 Å². The topological polar surface area (TPSA) is 40.5 Å². The number of rotatable bonds is 3. The Balaban J connectivity index is 3.29. The smallest absolute Gasteiger partial charge is 0.0867 e. The van der Waals surface area contributed by atoms with Gasteiger partial charge in [-0.2, -0.15) is 12.6 Å². The Bertz CT molecular complexity index is 52.0. The van der Waals surface area contributed by atoms with E-state index in [1.165, 1.54) is 0 Å². The number of aliphatic hydroxyl groups is 2. The van der Waals surface area contributed by atoms with E-state index < -0.39 is 12.2 Å². The quantitative estimate of drug-likeness (QED) is 0.367. The van der Waals surface area contributed by atoms with E-state index in [-0.39, 0.29) is 11.5 Å². The molecule has 0 rings (SSSR count). The summed E-state index contributed by atoms with van der Waals surface area (Å²) < 4.78 is 0. The van der Waals surface area contributed by atoms with Gasteiger partial charge in [0.1, 0.15) is 0 Å². The minimum atomic E-state index is -0.789. The Morgan fingerprint density at radius 3 is 2.00 bits per heavy atom. The molecule has 0 spiro atoms. The Kier molecular flexibility index (Phi) is 4.84. The molecule has 0 amide bonds. The molecular formula is C4H9O2S2-. The number of hydrogen-bond acceptors (Lipinski definition) is 4. The highest BCUT2D eigenvalue weighted by atomic mass is 32.1. The van der Waals surface area contributed by atoms with Crippen LogP contribution in [-0.2, 0) is 12.6 Å². The first-order valence-corrected chi connectivity index (χ1v) is 3.48. The monoisotopic (exact) mass is 153 g/mol. The molecule has 0 aromatic rings. The van der Waals surface area contributed by atoms with Crippen molar-refractivity contribution in [2.75, 3.05) is 11.5 Å². The van der Waals surface area contributed by atoms with Gasteiger partial charge in [-0.1, -0.05) is 0 Å². The lowest BCUT2D eigenvalue weighted by Gasteiger charge is -2.17. The van der Waals surface area contributed by atoms with E-state index in [0.717, 1.165) is 0 Å². The van der Waals surface area contributed by atoms with Crippen LogP contribution >= 0.6 is 12.6 Å². The van der Waals surface area contributed by atoms with Crippen LogP contribution in [0.1, 0.15) is 0 Å². The Hall–Kier alpha value is 0.620. The average molecular weight is 153 g/mol. The molecule has 0 fully saturated rings. The number of aliphatic hydroxyl groups excluding tert-OH is 2. The molecule has 8 heavy (non-hydrogen) atoms. The normalized spacial score (nSPS) is 18.0. The standard InChI is InChI=1S/C4H10O2S2/c5-3(1-7)4(6)2-8/h3-8H,1-2H2/p-1/t3-,4+. The molecule has 2 N–H and O–H groups in total. The maximum Gasteiger partial charge on any atom is 0.0867 e. The molecule has 0 aromatic carbocycles. The van der Waals surface area contributed by atoms with Gasteiger partial charge in [-0.3, -0.25) is 0 Å². The average Bonchev–Trinajstić information content (AvgIpc) is 1.84. The highest BCUT2D eigenvalue weighted by molar-refractivity contribution is 7.80. The number of thiol groups is 1. The van der Waals surface area contributed by atoms with Crippen molar-refractivity contribution >= 4 is 25.3 Å². The van der Waals surface area contributed by atoms with Gasteiger partial charge in [0, 0.05) is 5.75 Å². The third-order valence-electron chi connectivity index (χ3n) is 0.802. The second kappa shape index (κ2) is 4.49. The first-order valence-electron chi connectivity index (χ1n) is 2.27. The molecule has 0 saturated carbocycles. The van der Waals surface area contributed by atoms with Gasteiger partial charge in [0.15, 0.2) is 0 Å². The van der Waals surface area contributed by atoms with Crippen molar-refractivity contribution in [1.29, 1.82) is 0 Å². The van der Waals surface area contributed by atoms with E-state index in [9.17, 15) is 0 Å². The fourth-order valence-electron chi connectivity index (χ4n) is 0.233. The van der Waals surface area contributed by atoms with Crippen LogP contribution in [0.25, 0.3) is 0 Å². The van der Waals surface area contributed by atoms with Crippen LogP contribution in [0.2, 0.25) is 0 Å². The van der Waals surface area contributed by atoms with E-state index in [0.29, 0.717) is 0 Å². The zero-order chi connectivity index (χ0) is 6.57. The molecule has 2 nitrogen and oxygen atoms in total. The lowest BCUT2D eigenvalue weighted by atomic mass is 10.3. The Morgan fingerprint density at radius 1 is 1.38 bits per heavy atom. The van der Waals surface area contributed by atoms with E-state index in [1.807, 2.05) is 0 Å². The zero-order valence-electron chi connectivity index (χ0n) is 4.32. The van der Waals surface area contributed by atoms with Gasteiger partial charge < -0.3 is 22.8 Å². The number of hydrogen-bond donors (Lipinski definition) is 3. The second-order valence-corrected chi connectivity index (χ2v) is 2.18. The summed E-state index contributed by atoms with van der Waals surface area (Å²) in [6.45, 7) is 0. The summed E-state index contributed by atoms with van der Waals surface area (Å²) in [5.41, 5.74) is 0. The second-order valence-electron chi connectivity index (χ2n) is 1.48. The van der Waals surface area contributed by atoms with E-state index in [4.69, 9.17) is 10.2 Å². The summed E-state index contributed by atoms with van der Waals surface area (Å²) in [5, 5.41) is 17.5. The maximum absolute atomic E-state index is 8.73. The largest absolute Gasteiger partial charge is 0.790 e. The Labute approximate surface area is 59.7 Å². The van der Waals surface area contributed by atoms with Crippen LogP contribution in [0.4, 0.5) is 0 Å². The fourth-order valence-corrected chi connectivity index (χ4v) is 0.698. The molecule has 0 radical (unpaired) electrons. The molecule has 0 aliphatic rings. The molecular weight excluding hydrogens is 144 g/mol. The molecule has 2 atom stereocenters. The first-order chi connectivity index (χ1) is 3.72. The molecule has 0 heterocycles. The lowest BCUT2D eigenvalue weighted by molar-refractivity contribution is 0.0503. The van der Waals surface area contributed by atoms with Crippen LogP contribution in [-0.4, -0.2) is 33.9 Å². The SMILES string of the molecule is O[C@H](CS)[C@@H](O)C[S-]. The molecule has 0 bridgehead atoms. The highest BCUT2D eigenvalue weighted by Gasteiger charge is 2.07. The predicted octanol–water partition coefficient (Wildman–Crippen LogP) is -0.815. The molecule has 0 saturated heterocycles. The summed E-state index contributed by atoms with van der Waals surface area (Å²) in [6, 6.07) is 0. The van der Waals surface area contributed by atoms with Crippen LogP contribution in [0.3, 0.4) is 0 Å². The van der Waals surface area contributed by atoms with Gasteiger partial charge in [0.05, 0.1) is 12.2 Å². The van der Waals surface area contributed by atoms with E-state index >= 15 is 0 Å². The van der Waals surface area contributed by atoms with Crippen LogP contribution in [0, 0.1) is 0 Å². The van der Waals surface area contributed by atoms with Crippen molar-refractivity contribution in [2.24, 2.45) is 0 Å². The highest BCUT2D eigenvalue weighted by Crippen LogP contribution is 1.93. The van der Waals surface area contributed by atoms with Crippen molar-refractivity contribution in [3.05, 3.63) is 0 Å². The van der Waals surface area contributed by atoms with Crippen LogP contribution < -0.4 is 0 Å². The van der Waals surface area contributed by atoms with Crippen molar-refractivity contribution in [3.8, 4) is 0 Å². The molecule has 0 aliphatic heterocycles. The zero-order valence-corrected chi connectivity index (χ0v) is 6.03. The van der Waals surface area contributed by atoms with Crippen molar-refractivity contribution in [2.45, 2.75) is 12.2 Å². The lowest BCUT2D eigenvalue weighted by Crippen LogP contribution is -2.29. The summed E-state index contributed by atoms with van der Waals surface area (Å²) in [7, 11) is 0. The molecule has 0 aliphatic carbocycles. The summed E-state index contributed by atoms with van der Waals surface area (Å²) in [5.74, 6) is 0.430. The van der Waals surface area contributed by atoms with Gasteiger partial charge in [0.25, 0.3) is 0 Å². The minimum Gasteiger partial charge on any atom is -0.790 e. The van der Waals surface area contributed by atoms with E-state index in [2.05, 4.69) is 25.3 Å². The van der Waals surface area contributed by atoms with Gasteiger partial charge in [-0.15, -0.1) is 5.75 Å². The summed E-state index contributed by atoms with van der Waals surface area (Å²) >= 11 is 8.23.